The first-order valence-corrected chi connectivity index (χ1v) is 5.88. The van der Waals surface area contributed by atoms with Gasteiger partial charge in [-0.1, -0.05) is 5.16 Å². The minimum Gasteiger partial charge on any atom is -0.475 e. The van der Waals surface area contributed by atoms with E-state index in [2.05, 4.69) is 9.68 Å². The van der Waals surface area contributed by atoms with Crippen molar-refractivity contribution in [3.63, 3.8) is 0 Å². The maximum Gasteiger partial charge on any atom is 0.374 e. The van der Waals surface area contributed by atoms with Crippen molar-refractivity contribution in [2.45, 2.75) is 12.8 Å². The molecule has 0 unspecified atom stereocenters. The van der Waals surface area contributed by atoms with Crippen LogP contribution in [0.3, 0.4) is 0 Å². The Morgan fingerprint density at radius 2 is 1.95 bits per heavy atom. The van der Waals surface area contributed by atoms with E-state index in [1.807, 2.05) is 0 Å². The summed E-state index contributed by atoms with van der Waals surface area (Å²) in [6, 6.07) is 3.57. The zero-order valence-corrected chi connectivity index (χ0v) is 10.7. The first-order chi connectivity index (χ1) is 9.86. The van der Waals surface area contributed by atoms with Crippen molar-refractivity contribution in [1.82, 2.24) is 5.16 Å². The molecule has 0 amide bonds. The number of carbonyl (C=O) groups is 1. The maximum atomic E-state index is 13.8. The summed E-state index contributed by atoms with van der Waals surface area (Å²) in [5.74, 6) is -4.44. The molecular formula is C13H9F2NO5. The Bertz CT molecular complexity index is 720. The topological polar surface area (TPSA) is 81.8 Å². The van der Waals surface area contributed by atoms with Crippen molar-refractivity contribution in [3.05, 3.63) is 29.5 Å². The Morgan fingerprint density at radius 1 is 1.29 bits per heavy atom. The van der Waals surface area contributed by atoms with Crippen LogP contribution in [0.1, 0.15) is 23.0 Å². The van der Waals surface area contributed by atoms with E-state index >= 15 is 0 Å². The number of ether oxygens (including phenoxy) is 2. The van der Waals surface area contributed by atoms with Crippen LogP contribution in [0.2, 0.25) is 0 Å². The van der Waals surface area contributed by atoms with Gasteiger partial charge in [-0.25, -0.2) is 13.6 Å². The number of carboxylic acid groups (broad SMARTS) is 1. The second-order valence-corrected chi connectivity index (χ2v) is 4.52. The molecule has 0 fully saturated rings. The van der Waals surface area contributed by atoms with Gasteiger partial charge in [0.05, 0.1) is 0 Å². The lowest BCUT2D eigenvalue weighted by Crippen LogP contribution is -2.09. The SMILES string of the molecule is CC(F)(F)c1cc2c(cc1-c1cc(C(=O)O)on1)OCO2. The fourth-order valence-electron chi connectivity index (χ4n) is 2.02. The highest BCUT2D eigenvalue weighted by Gasteiger charge is 2.32. The van der Waals surface area contributed by atoms with E-state index in [4.69, 9.17) is 14.6 Å². The Hall–Kier alpha value is -2.64. The number of rotatable bonds is 3. The van der Waals surface area contributed by atoms with Crippen molar-refractivity contribution in [1.29, 1.82) is 0 Å². The molecule has 2 heterocycles. The van der Waals surface area contributed by atoms with Crippen LogP contribution in [0.5, 0.6) is 11.5 Å². The number of hydrogen-bond acceptors (Lipinski definition) is 5. The second kappa shape index (κ2) is 4.44. The second-order valence-electron chi connectivity index (χ2n) is 4.52. The quantitative estimate of drug-likeness (QED) is 0.938. The minimum atomic E-state index is -3.17. The number of hydrogen-bond donors (Lipinski definition) is 1. The van der Waals surface area contributed by atoms with Crippen molar-refractivity contribution in [2.75, 3.05) is 6.79 Å². The molecule has 1 aliphatic heterocycles. The number of nitrogens with zero attached hydrogens (tertiary/aromatic N) is 1. The van der Waals surface area contributed by atoms with Crippen LogP contribution in [0, 0.1) is 0 Å². The van der Waals surface area contributed by atoms with Gasteiger partial charge in [-0.3, -0.25) is 0 Å². The van der Waals surface area contributed by atoms with Crippen LogP contribution < -0.4 is 9.47 Å². The molecule has 0 spiro atoms. The third kappa shape index (κ3) is 2.28. The van der Waals surface area contributed by atoms with Crippen LogP contribution >= 0.6 is 0 Å². The van der Waals surface area contributed by atoms with Crippen molar-refractivity contribution in [3.8, 4) is 22.8 Å². The van der Waals surface area contributed by atoms with Crippen molar-refractivity contribution < 1.29 is 32.7 Å². The van der Waals surface area contributed by atoms with Crippen LogP contribution in [0.25, 0.3) is 11.3 Å². The van der Waals surface area contributed by atoms with Gasteiger partial charge in [0.1, 0.15) is 5.69 Å². The largest absolute Gasteiger partial charge is 0.475 e. The summed E-state index contributed by atoms with van der Waals surface area (Å²) in [4.78, 5) is 10.8. The normalized spacial score (nSPS) is 13.5. The Balaban J connectivity index is 2.17. The molecule has 110 valence electrons. The predicted molar refractivity (Wildman–Crippen MR) is 64.6 cm³/mol. The van der Waals surface area contributed by atoms with Gasteiger partial charge in [0.25, 0.3) is 5.92 Å². The first-order valence-electron chi connectivity index (χ1n) is 5.88. The Labute approximate surface area is 116 Å². The van der Waals surface area contributed by atoms with E-state index in [9.17, 15) is 13.6 Å². The van der Waals surface area contributed by atoms with E-state index in [-0.39, 0.29) is 35.1 Å². The summed E-state index contributed by atoms with van der Waals surface area (Å²) in [7, 11) is 0. The number of aromatic carboxylic acids is 1. The maximum absolute atomic E-state index is 13.8. The fraction of sp³-hybridized carbons (Fsp3) is 0.231. The van der Waals surface area contributed by atoms with Gasteiger partial charge in [0.15, 0.2) is 11.5 Å². The smallest absolute Gasteiger partial charge is 0.374 e. The molecule has 0 radical (unpaired) electrons. The predicted octanol–water partition coefficient (Wildman–Crippen LogP) is 2.88. The summed E-state index contributed by atoms with van der Waals surface area (Å²) in [5.41, 5.74) is -0.331. The fourth-order valence-corrected chi connectivity index (χ4v) is 2.02. The van der Waals surface area contributed by atoms with Gasteiger partial charge >= 0.3 is 5.97 Å². The van der Waals surface area contributed by atoms with Gasteiger partial charge in [-0.15, -0.1) is 0 Å². The van der Waals surface area contributed by atoms with E-state index < -0.39 is 17.7 Å². The number of alkyl halides is 2. The zero-order valence-electron chi connectivity index (χ0n) is 10.7. The summed E-state index contributed by atoms with van der Waals surface area (Å²) < 4.78 is 42.3. The molecule has 0 aliphatic carbocycles. The lowest BCUT2D eigenvalue weighted by atomic mass is 9.99. The van der Waals surface area contributed by atoms with E-state index in [0.29, 0.717) is 0 Å². The molecule has 0 saturated heterocycles. The zero-order chi connectivity index (χ0) is 15.2. The molecule has 21 heavy (non-hydrogen) atoms. The third-order valence-corrected chi connectivity index (χ3v) is 2.98. The standard InChI is InChI=1S/C13H9F2NO5/c1-13(14,15)7-3-10-9(19-5-20-10)2-6(7)8-4-11(12(17)18)21-16-8/h2-4H,5H2,1H3,(H,17,18). The van der Waals surface area contributed by atoms with Crippen LogP contribution in [-0.4, -0.2) is 23.0 Å². The van der Waals surface area contributed by atoms with Gasteiger partial charge in [-0.05, 0) is 12.1 Å². The number of carboxylic acids is 1. The summed E-state index contributed by atoms with van der Waals surface area (Å²) in [6.07, 6.45) is 0. The molecule has 1 aliphatic rings. The number of aromatic nitrogens is 1. The molecule has 0 bridgehead atoms. The van der Waals surface area contributed by atoms with Crippen molar-refractivity contribution >= 4 is 5.97 Å². The third-order valence-electron chi connectivity index (χ3n) is 2.98. The highest BCUT2D eigenvalue weighted by atomic mass is 19.3. The number of benzene rings is 1. The molecule has 8 heteroatoms. The average molecular weight is 297 g/mol. The average Bonchev–Trinajstić information content (AvgIpc) is 3.04. The molecule has 0 saturated carbocycles. The Morgan fingerprint density at radius 3 is 2.52 bits per heavy atom. The van der Waals surface area contributed by atoms with Crippen LogP contribution in [0.4, 0.5) is 8.78 Å². The van der Waals surface area contributed by atoms with Crippen molar-refractivity contribution in [2.24, 2.45) is 0 Å². The van der Waals surface area contributed by atoms with Crippen LogP contribution in [-0.2, 0) is 5.92 Å². The van der Waals surface area contributed by atoms with Gasteiger partial charge in [0, 0.05) is 24.1 Å². The molecular weight excluding hydrogens is 288 g/mol. The number of halogens is 2. The Kier molecular flexibility index (Phi) is 2.82. The van der Waals surface area contributed by atoms with Gasteiger partial charge < -0.3 is 19.1 Å². The highest BCUT2D eigenvalue weighted by molar-refractivity contribution is 5.86. The van der Waals surface area contributed by atoms with E-state index in [0.717, 1.165) is 19.1 Å². The molecule has 6 nitrogen and oxygen atoms in total. The highest BCUT2D eigenvalue weighted by Crippen LogP contribution is 2.43. The number of fused-ring (bicyclic) bond motifs is 1. The lowest BCUT2D eigenvalue weighted by molar-refractivity contribution is 0.0178. The molecule has 3 rings (SSSR count). The van der Waals surface area contributed by atoms with Gasteiger partial charge in [0.2, 0.25) is 12.6 Å². The molecule has 1 N–H and O–H groups in total. The molecule has 2 aromatic rings. The van der Waals surface area contributed by atoms with Gasteiger partial charge in [-0.2, -0.15) is 0 Å². The minimum absolute atomic E-state index is 0.0118. The summed E-state index contributed by atoms with van der Waals surface area (Å²) in [6.45, 7) is 0.666. The molecule has 1 aromatic heterocycles. The van der Waals surface area contributed by atoms with E-state index in [1.165, 1.54) is 6.07 Å². The monoisotopic (exact) mass is 297 g/mol. The molecule has 0 atom stereocenters. The van der Waals surface area contributed by atoms with E-state index in [1.54, 1.807) is 0 Å². The summed E-state index contributed by atoms with van der Waals surface area (Å²) in [5, 5.41) is 12.3. The first kappa shape index (κ1) is 13.3. The molecule has 1 aromatic carbocycles. The summed E-state index contributed by atoms with van der Waals surface area (Å²) >= 11 is 0. The van der Waals surface area contributed by atoms with Crippen LogP contribution in [0.15, 0.2) is 22.7 Å². The lowest BCUT2D eigenvalue weighted by Gasteiger charge is -2.15.